The maximum atomic E-state index is 5.76. The molecule has 1 aromatic rings. The van der Waals surface area contributed by atoms with E-state index in [0.29, 0.717) is 11.9 Å². The van der Waals surface area contributed by atoms with Gasteiger partial charge in [-0.3, -0.25) is 0 Å². The number of rotatable bonds is 4. The Morgan fingerprint density at radius 1 is 1.47 bits per heavy atom. The Bertz CT molecular complexity index is 374. The van der Waals surface area contributed by atoms with Crippen LogP contribution >= 0.6 is 0 Å². The number of hydrogen-bond acceptors (Lipinski definition) is 5. The first-order valence-electron chi connectivity index (χ1n) is 6.39. The average Bonchev–Trinajstić information content (AvgIpc) is 2.84. The molecule has 5 heteroatoms. The monoisotopic (exact) mass is 238 g/mol. The molecule has 0 aliphatic carbocycles. The standard InChI is InChI=1S/C12H22N4O/c1-5-13-9(2)10-14-15-11(17-10)16-8-6-7-12(16,3)4/h9,13H,5-8H2,1-4H3. The molecule has 2 rings (SSSR count). The molecule has 1 aliphatic rings. The molecule has 2 heterocycles. The number of hydrogen-bond donors (Lipinski definition) is 1. The summed E-state index contributed by atoms with van der Waals surface area (Å²) in [6.07, 6.45) is 2.36. The molecule has 96 valence electrons. The van der Waals surface area contributed by atoms with Crippen molar-refractivity contribution in [2.45, 2.75) is 52.1 Å². The Labute approximate surface area is 103 Å². The first-order chi connectivity index (χ1) is 8.04. The zero-order valence-electron chi connectivity index (χ0n) is 11.2. The Balaban J connectivity index is 2.13. The van der Waals surface area contributed by atoms with E-state index in [2.05, 4.69) is 41.2 Å². The Morgan fingerprint density at radius 3 is 2.82 bits per heavy atom. The lowest BCUT2D eigenvalue weighted by atomic mass is 10.0. The lowest BCUT2D eigenvalue weighted by Crippen LogP contribution is -2.38. The van der Waals surface area contributed by atoms with Crippen LogP contribution in [0.1, 0.15) is 52.5 Å². The van der Waals surface area contributed by atoms with Crippen LogP contribution in [0.3, 0.4) is 0 Å². The summed E-state index contributed by atoms with van der Waals surface area (Å²) in [5.74, 6) is 0.671. The van der Waals surface area contributed by atoms with Crippen LogP contribution in [0.5, 0.6) is 0 Å². The van der Waals surface area contributed by atoms with Crippen molar-refractivity contribution in [1.29, 1.82) is 0 Å². The highest BCUT2D eigenvalue weighted by Crippen LogP contribution is 2.33. The number of nitrogens with one attached hydrogen (secondary N) is 1. The van der Waals surface area contributed by atoms with Gasteiger partial charge in [-0.2, -0.15) is 0 Å². The number of nitrogens with zero attached hydrogens (tertiary/aromatic N) is 3. The largest absolute Gasteiger partial charge is 0.406 e. The fraction of sp³-hybridized carbons (Fsp3) is 0.833. The first kappa shape index (κ1) is 12.4. The molecule has 1 N–H and O–H groups in total. The van der Waals surface area contributed by atoms with Crippen molar-refractivity contribution in [2.75, 3.05) is 18.0 Å². The van der Waals surface area contributed by atoms with Gasteiger partial charge in [-0.25, -0.2) is 0 Å². The maximum Gasteiger partial charge on any atom is 0.318 e. The maximum absolute atomic E-state index is 5.76. The van der Waals surface area contributed by atoms with E-state index in [0.717, 1.165) is 13.1 Å². The van der Waals surface area contributed by atoms with Gasteiger partial charge in [0.2, 0.25) is 5.89 Å². The summed E-state index contributed by atoms with van der Waals surface area (Å²) in [5.41, 5.74) is 0.130. The highest BCUT2D eigenvalue weighted by Gasteiger charge is 2.35. The lowest BCUT2D eigenvalue weighted by molar-refractivity contribution is 0.402. The molecule has 0 aromatic carbocycles. The van der Waals surface area contributed by atoms with Crippen molar-refractivity contribution >= 4 is 6.01 Å². The van der Waals surface area contributed by atoms with Gasteiger partial charge in [-0.15, -0.1) is 5.10 Å². The topological polar surface area (TPSA) is 54.2 Å². The lowest BCUT2D eigenvalue weighted by Gasteiger charge is -2.29. The average molecular weight is 238 g/mol. The van der Waals surface area contributed by atoms with Crippen LogP contribution in [0.25, 0.3) is 0 Å². The summed E-state index contributed by atoms with van der Waals surface area (Å²) >= 11 is 0. The van der Waals surface area contributed by atoms with Crippen molar-refractivity contribution in [2.24, 2.45) is 0 Å². The van der Waals surface area contributed by atoms with Crippen LogP contribution in [0, 0.1) is 0 Å². The second kappa shape index (κ2) is 4.64. The smallest absolute Gasteiger partial charge is 0.318 e. The molecule has 1 atom stereocenters. The fourth-order valence-electron chi connectivity index (χ4n) is 2.37. The van der Waals surface area contributed by atoms with Crippen LogP contribution in [0.2, 0.25) is 0 Å². The van der Waals surface area contributed by atoms with Gasteiger partial charge in [0.05, 0.1) is 6.04 Å². The van der Waals surface area contributed by atoms with Crippen molar-refractivity contribution in [3.8, 4) is 0 Å². The van der Waals surface area contributed by atoms with Gasteiger partial charge in [0, 0.05) is 12.1 Å². The summed E-state index contributed by atoms with van der Waals surface area (Å²) < 4.78 is 5.76. The minimum absolute atomic E-state index is 0.118. The molecule has 17 heavy (non-hydrogen) atoms. The molecule has 0 spiro atoms. The summed E-state index contributed by atoms with van der Waals surface area (Å²) in [5, 5.41) is 11.6. The Hall–Kier alpha value is -1.10. The molecule has 1 unspecified atom stereocenters. The Kier molecular flexibility index (Phi) is 3.38. The van der Waals surface area contributed by atoms with Crippen LogP contribution in [0.4, 0.5) is 6.01 Å². The SMILES string of the molecule is CCNC(C)c1nnc(N2CCCC2(C)C)o1. The van der Waals surface area contributed by atoms with Crippen molar-refractivity contribution < 1.29 is 4.42 Å². The predicted molar refractivity (Wildman–Crippen MR) is 67.0 cm³/mol. The van der Waals surface area contributed by atoms with E-state index in [4.69, 9.17) is 4.42 Å². The van der Waals surface area contributed by atoms with E-state index >= 15 is 0 Å². The van der Waals surface area contributed by atoms with Crippen LogP contribution in [-0.4, -0.2) is 28.8 Å². The summed E-state index contributed by atoms with van der Waals surface area (Å²) in [7, 11) is 0. The quantitative estimate of drug-likeness (QED) is 0.870. The molecule has 5 nitrogen and oxygen atoms in total. The number of anilines is 1. The van der Waals surface area contributed by atoms with Gasteiger partial charge in [-0.05, 0) is 40.2 Å². The normalized spacial score (nSPS) is 20.8. The van der Waals surface area contributed by atoms with Crippen LogP contribution in [-0.2, 0) is 0 Å². The second-order valence-electron chi connectivity index (χ2n) is 5.27. The van der Waals surface area contributed by atoms with Crippen molar-refractivity contribution in [3.05, 3.63) is 5.89 Å². The molecular weight excluding hydrogens is 216 g/mol. The molecule has 0 saturated carbocycles. The van der Waals surface area contributed by atoms with Crippen LogP contribution < -0.4 is 10.2 Å². The minimum Gasteiger partial charge on any atom is -0.406 e. The zero-order chi connectivity index (χ0) is 12.5. The highest BCUT2D eigenvalue weighted by atomic mass is 16.4. The van der Waals surface area contributed by atoms with Crippen molar-refractivity contribution in [3.63, 3.8) is 0 Å². The van der Waals surface area contributed by atoms with Crippen LogP contribution in [0.15, 0.2) is 4.42 Å². The third-order valence-electron chi connectivity index (χ3n) is 3.44. The van der Waals surface area contributed by atoms with Gasteiger partial charge >= 0.3 is 6.01 Å². The summed E-state index contributed by atoms with van der Waals surface area (Å²) in [6.45, 7) is 10.4. The zero-order valence-corrected chi connectivity index (χ0v) is 11.2. The van der Waals surface area contributed by atoms with Crippen molar-refractivity contribution in [1.82, 2.24) is 15.5 Å². The molecule has 0 radical (unpaired) electrons. The minimum atomic E-state index is 0.118. The van der Waals surface area contributed by atoms with E-state index in [1.807, 2.05) is 6.92 Å². The molecule has 0 bridgehead atoms. The van der Waals surface area contributed by atoms with Gasteiger partial charge < -0.3 is 14.6 Å². The number of aromatic nitrogens is 2. The molecule has 0 amide bonds. The Morgan fingerprint density at radius 2 is 2.24 bits per heavy atom. The van der Waals surface area contributed by atoms with E-state index in [9.17, 15) is 0 Å². The molecule has 1 fully saturated rings. The van der Waals surface area contributed by atoms with E-state index in [1.165, 1.54) is 12.8 Å². The third-order valence-corrected chi connectivity index (χ3v) is 3.44. The van der Waals surface area contributed by atoms with E-state index < -0.39 is 0 Å². The molecule has 1 saturated heterocycles. The second-order valence-corrected chi connectivity index (χ2v) is 5.27. The molecule has 1 aliphatic heterocycles. The van der Waals surface area contributed by atoms with Gasteiger partial charge in [0.15, 0.2) is 0 Å². The first-order valence-corrected chi connectivity index (χ1v) is 6.39. The predicted octanol–water partition coefficient (Wildman–Crippen LogP) is 2.12. The summed E-state index contributed by atoms with van der Waals surface area (Å²) in [4.78, 5) is 2.21. The molecular formula is C12H22N4O. The molecule has 1 aromatic heterocycles. The third kappa shape index (κ3) is 2.44. The highest BCUT2D eigenvalue weighted by molar-refractivity contribution is 5.32. The van der Waals surface area contributed by atoms with E-state index in [-0.39, 0.29) is 11.6 Å². The van der Waals surface area contributed by atoms with Gasteiger partial charge in [0.1, 0.15) is 0 Å². The fourth-order valence-corrected chi connectivity index (χ4v) is 2.37. The van der Waals surface area contributed by atoms with E-state index in [1.54, 1.807) is 0 Å². The van der Waals surface area contributed by atoms with Gasteiger partial charge in [0.25, 0.3) is 0 Å². The van der Waals surface area contributed by atoms with Gasteiger partial charge in [-0.1, -0.05) is 12.0 Å². The summed E-state index contributed by atoms with van der Waals surface area (Å²) in [6, 6.07) is 0.777.